The fourth-order valence-corrected chi connectivity index (χ4v) is 2.37. The predicted octanol–water partition coefficient (Wildman–Crippen LogP) is 0.908. The van der Waals surface area contributed by atoms with E-state index in [4.69, 9.17) is 0 Å². The summed E-state index contributed by atoms with van der Waals surface area (Å²) in [7, 11) is 1.87. The second-order valence-electron chi connectivity index (χ2n) is 4.97. The summed E-state index contributed by atoms with van der Waals surface area (Å²) in [5.74, 6) is 0.101. The van der Waals surface area contributed by atoms with Crippen LogP contribution in [0.15, 0.2) is 24.3 Å². The van der Waals surface area contributed by atoms with Crippen molar-refractivity contribution in [3.63, 3.8) is 0 Å². The molecule has 2 N–H and O–H groups in total. The summed E-state index contributed by atoms with van der Waals surface area (Å²) in [4.78, 5) is 14.2. The molecule has 1 saturated heterocycles. The molecule has 0 aliphatic carbocycles. The van der Waals surface area contributed by atoms with E-state index in [1.165, 1.54) is 5.56 Å². The van der Waals surface area contributed by atoms with Crippen molar-refractivity contribution in [1.29, 1.82) is 0 Å². The van der Waals surface area contributed by atoms with Crippen LogP contribution in [0.3, 0.4) is 0 Å². The van der Waals surface area contributed by atoms with Crippen LogP contribution in [0, 0.1) is 6.92 Å². The molecule has 98 valence electrons. The molecule has 0 saturated carbocycles. The lowest BCUT2D eigenvalue weighted by Crippen LogP contribution is -2.62. The van der Waals surface area contributed by atoms with Crippen LogP contribution in [0.1, 0.15) is 12.5 Å². The maximum atomic E-state index is 12.1. The summed E-state index contributed by atoms with van der Waals surface area (Å²) in [5, 5.41) is 6.10. The van der Waals surface area contributed by atoms with Crippen LogP contribution in [0.4, 0.5) is 5.69 Å². The zero-order chi connectivity index (χ0) is 13.1. The molecule has 0 spiro atoms. The van der Waals surface area contributed by atoms with E-state index < -0.39 is 0 Å². The van der Waals surface area contributed by atoms with Crippen molar-refractivity contribution in [1.82, 2.24) is 10.6 Å². The van der Waals surface area contributed by atoms with Gasteiger partial charge >= 0.3 is 0 Å². The van der Waals surface area contributed by atoms with E-state index in [2.05, 4.69) is 46.7 Å². The molecular formula is C14H21N3O. The van der Waals surface area contributed by atoms with Crippen LogP contribution in [0.25, 0.3) is 0 Å². The number of rotatable bonds is 3. The normalized spacial score (nSPS) is 23.9. The van der Waals surface area contributed by atoms with E-state index in [9.17, 15) is 4.79 Å². The Kier molecular flexibility index (Phi) is 3.87. The number of anilines is 1. The molecule has 2 atom stereocenters. The van der Waals surface area contributed by atoms with E-state index in [1.807, 2.05) is 14.0 Å². The molecule has 2 unspecified atom stereocenters. The molecule has 0 bridgehead atoms. The zero-order valence-electron chi connectivity index (χ0n) is 11.2. The molecule has 1 fully saturated rings. The lowest BCUT2D eigenvalue weighted by Gasteiger charge is -2.39. The van der Waals surface area contributed by atoms with Crippen molar-refractivity contribution in [3.8, 4) is 0 Å². The van der Waals surface area contributed by atoms with Gasteiger partial charge in [0.25, 0.3) is 0 Å². The molecule has 1 heterocycles. The molecule has 18 heavy (non-hydrogen) atoms. The second kappa shape index (κ2) is 5.40. The summed E-state index contributed by atoms with van der Waals surface area (Å²) < 4.78 is 0. The Labute approximate surface area is 108 Å². The van der Waals surface area contributed by atoms with Crippen LogP contribution >= 0.6 is 0 Å². The number of carbonyl (C=O) groups excluding carboxylic acids is 1. The van der Waals surface area contributed by atoms with Crippen LogP contribution in [-0.2, 0) is 4.79 Å². The highest BCUT2D eigenvalue weighted by atomic mass is 16.2. The van der Waals surface area contributed by atoms with Gasteiger partial charge in [-0.25, -0.2) is 0 Å². The van der Waals surface area contributed by atoms with Crippen molar-refractivity contribution in [2.75, 3.05) is 25.0 Å². The number of nitrogens with one attached hydrogen (secondary N) is 2. The van der Waals surface area contributed by atoms with Crippen LogP contribution < -0.4 is 15.5 Å². The van der Waals surface area contributed by atoms with Gasteiger partial charge in [-0.15, -0.1) is 0 Å². The van der Waals surface area contributed by atoms with Gasteiger partial charge in [0.15, 0.2) is 0 Å². The van der Waals surface area contributed by atoms with Crippen LogP contribution in [-0.4, -0.2) is 38.1 Å². The van der Waals surface area contributed by atoms with Crippen molar-refractivity contribution >= 4 is 11.6 Å². The smallest absolute Gasteiger partial charge is 0.244 e. The number of benzene rings is 1. The summed E-state index contributed by atoms with van der Waals surface area (Å²) in [6.45, 7) is 5.61. The van der Waals surface area contributed by atoms with Crippen LogP contribution in [0.2, 0.25) is 0 Å². The topological polar surface area (TPSA) is 44.4 Å². The first-order chi connectivity index (χ1) is 8.61. The standard InChI is InChI=1S/C14H21N3O/c1-10-4-6-12(7-5-10)17-9-11(2)16-14(18)13(17)8-15-3/h4-7,11,13,15H,8-9H2,1-3H3,(H,16,18). The third-order valence-electron chi connectivity index (χ3n) is 3.30. The lowest BCUT2D eigenvalue weighted by atomic mass is 10.1. The predicted molar refractivity (Wildman–Crippen MR) is 73.8 cm³/mol. The molecule has 4 heteroatoms. The highest BCUT2D eigenvalue weighted by molar-refractivity contribution is 5.87. The maximum absolute atomic E-state index is 12.1. The Morgan fingerprint density at radius 3 is 2.67 bits per heavy atom. The Hall–Kier alpha value is -1.55. The Morgan fingerprint density at radius 2 is 2.06 bits per heavy atom. The van der Waals surface area contributed by atoms with E-state index in [0.29, 0.717) is 6.54 Å². The van der Waals surface area contributed by atoms with Gasteiger partial charge in [0.2, 0.25) is 5.91 Å². The molecule has 1 aromatic rings. The zero-order valence-corrected chi connectivity index (χ0v) is 11.2. The van der Waals surface area contributed by atoms with E-state index in [1.54, 1.807) is 0 Å². The SMILES string of the molecule is CNCC1C(=O)NC(C)CN1c1ccc(C)cc1. The summed E-state index contributed by atoms with van der Waals surface area (Å²) >= 11 is 0. The second-order valence-corrected chi connectivity index (χ2v) is 4.97. The van der Waals surface area contributed by atoms with Gasteiger partial charge in [-0.1, -0.05) is 17.7 Å². The van der Waals surface area contributed by atoms with Gasteiger partial charge < -0.3 is 15.5 Å². The van der Waals surface area contributed by atoms with Gasteiger partial charge in [-0.2, -0.15) is 0 Å². The van der Waals surface area contributed by atoms with Gasteiger partial charge in [0.1, 0.15) is 6.04 Å². The van der Waals surface area contributed by atoms with E-state index in [-0.39, 0.29) is 18.0 Å². The highest BCUT2D eigenvalue weighted by Gasteiger charge is 2.32. The number of aryl methyl sites for hydroxylation is 1. The fraction of sp³-hybridized carbons (Fsp3) is 0.500. The van der Waals surface area contributed by atoms with Gasteiger partial charge in [-0.05, 0) is 33.0 Å². The van der Waals surface area contributed by atoms with Gasteiger partial charge in [0.05, 0.1) is 0 Å². The van der Waals surface area contributed by atoms with Gasteiger partial charge in [-0.3, -0.25) is 4.79 Å². The molecule has 2 rings (SSSR count). The molecule has 1 aliphatic rings. The maximum Gasteiger partial charge on any atom is 0.244 e. The minimum atomic E-state index is -0.131. The highest BCUT2D eigenvalue weighted by Crippen LogP contribution is 2.20. The number of carbonyl (C=O) groups is 1. The molecule has 1 aromatic carbocycles. The minimum Gasteiger partial charge on any atom is -0.356 e. The monoisotopic (exact) mass is 247 g/mol. The molecule has 1 aliphatic heterocycles. The number of hydrogen-bond donors (Lipinski definition) is 2. The molecule has 0 aromatic heterocycles. The van der Waals surface area contributed by atoms with Crippen molar-refractivity contribution in [2.45, 2.75) is 25.9 Å². The average molecular weight is 247 g/mol. The van der Waals surface area contributed by atoms with E-state index in [0.717, 1.165) is 12.2 Å². The largest absolute Gasteiger partial charge is 0.356 e. The van der Waals surface area contributed by atoms with Crippen molar-refractivity contribution in [3.05, 3.63) is 29.8 Å². The molecular weight excluding hydrogens is 226 g/mol. The molecule has 4 nitrogen and oxygen atoms in total. The number of likely N-dealkylation sites (N-methyl/N-ethyl adjacent to an activating group) is 1. The number of nitrogens with zero attached hydrogens (tertiary/aromatic N) is 1. The summed E-state index contributed by atoms with van der Waals surface area (Å²) in [6, 6.07) is 8.40. The molecule has 1 amide bonds. The first-order valence-electron chi connectivity index (χ1n) is 6.40. The Bertz CT molecular complexity index is 416. The summed E-state index contributed by atoms with van der Waals surface area (Å²) in [6.07, 6.45) is 0. The number of amides is 1. The number of piperazine rings is 1. The quantitative estimate of drug-likeness (QED) is 0.834. The molecule has 0 radical (unpaired) electrons. The minimum absolute atomic E-state index is 0.101. The van der Waals surface area contributed by atoms with Crippen molar-refractivity contribution in [2.24, 2.45) is 0 Å². The lowest BCUT2D eigenvalue weighted by molar-refractivity contribution is -0.124. The third kappa shape index (κ3) is 2.64. The Morgan fingerprint density at radius 1 is 1.39 bits per heavy atom. The average Bonchev–Trinajstić information content (AvgIpc) is 2.33. The van der Waals surface area contributed by atoms with Crippen LogP contribution in [0.5, 0.6) is 0 Å². The first kappa shape index (κ1) is 12.9. The van der Waals surface area contributed by atoms with E-state index >= 15 is 0 Å². The van der Waals surface area contributed by atoms with Crippen molar-refractivity contribution < 1.29 is 4.79 Å². The van der Waals surface area contributed by atoms with Gasteiger partial charge in [0, 0.05) is 24.8 Å². The third-order valence-corrected chi connectivity index (χ3v) is 3.30. The summed E-state index contributed by atoms with van der Waals surface area (Å²) in [5.41, 5.74) is 2.35. The number of hydrogen-bond acceptors (Lipinski definition) is 3. The fourth-order valence-electron chi connectivity index (χ4n) is 2.37. The Balaban J connectivity index is 2.25. The first-order valence-corrected chi connectivity index (χ1v) is 6.40.